The summed E-state index contributed by atoms with van der Waals surface area (Å²) >= 11 is 0. The van der Waals surface area contributed by atoms with Gasteiger partial charge >= 0.3 is 6.18 Å². The van der Waals surface area contributed by atoms with Gasteiger partial charge in [-0.1, -0.05) is 6.07 Å². The number of rotatable bonds is 3. The molecule has 3 N–H and O–H groups in total. The maximum atomic E-state index is 14.3. The number of hydrogen-bond acceptors (Lipinski definition) is 5. The fourth-order valence-corrected chi connectivity index (χ4v) is 2.97. The third-order valence-corrected chi connectivity index (χ3v) is 4.49. The van der Waals surface area contributed by atoms with Crippen LogP contribution in [-0.4, -0.2) is 33.4 Å². The highest BCUT2D eigenvalue weighted by atomic mass is 19.4. The SMILES string of the molecule is C[C@@H]1C(N)=C(Nc2ncccn2)CCN1C(=O)c1cccc(C(F)(F)F)c1F. The quantitative estimate of drug-likeness (QED) is 0.780. The van der Waals surface area contributed by atoms with Gasteiger partial charge in [0.1, 0.15) is 5.82 Å². The van der Waals surface area contributed by atoms with E-state index in [1.165, 1.54) is 4.90 Å². The first kappa shape index (κ1) is 19.6. The highest BCUT2D eigenvalue weighted by Crippen LogP contribution is 2.33. The number of alkyl halides is 3. The van der Waals surface area contributed by atoms with Crippen molar-refractivity contribution in [2.24, 2.45) is 5.73 Å². The van der Waals surface area contributed by atoms with E-state index >= 15 is 0 Å². The zero-order chi connectivity index (χ0) is 20.5. The molecule has 3 rings (SSSR count). The van der Waals surface area contributed by atoms with Crippen molar-refractivity contribution in [3.8, 4) is 0 Å². The van der Waals surface area contributed by atoms with Crippen LogP contribution in [0.25, 0.3) is 0 Å². The van der Waals surface area contributed by atoms with Crippen molar-refractivity contribution in [1.82, 2.24) is 14.9 Å². The molecule has 6 nitrogen and oxygen atoms in total. The molecule has 0 radical (unpaired) electrons. The molecule has 0 saturated heterocycles. The second-order valence-corrected chi connectivity index (χ2v) is 6.22. The molecule has 10 heteroatoms. The number of anilines is 1. The fraction of sp³-hybridized carbons (Fsp3) is 0.278. The van der Waals surface area contributed by atoms with Crippen molar-refractivity contribution in [2.45, 2.75) is 25.6 Å². The molecule has 28 heavy (non-hydrogen) atoms. The summed E-state index contributed by atoms with van der Waals surface area (Å²) < 4.78 is 53.1. The zero-order valence-corrected chi connectivity index (χ0v) is 14.8. The predicted octanol–water partition coefficient (Wildman–Crippen LogP) is 3.15. The summed E-state index contributed by atoms with van der Waals surface area (Å²) in [5, 5.41) is 2.97. The second-order valence-electron chi connectivity index (χ2n) is 6.22. The van der Waals surface area contributed by atoms with Gasteiger partial charge in [-0.05, 0) is 25.1 Å². The molecule has 2 heterocycles. The number of halogens is 4. The van der Waals surface area contributed by atoms with E-state index in [2.05, 4.69) is 15.3 Å². The summed E-state index contributed by atoms with van der Waals surface area (Å²) in [6.07, 6.45) is -1.50. The van der Waals surface area contributed by atoms with Crippen molar-refractivity contribution in [2.75, 3.05) is 11.9 Å². The van der Waals surface area contributed by atoms with Crippen LogP contribution >= 0.6 is 0 Å². The summed E-state index contributed by atoms with van der Waals surface area (Å²) in [5.41, 5.74) is 4.90. The van der Waals surface area contributed by atoms with E-state index in [1.807, 2.05) is 0 Å². The van der Waals surface area contributed by atoms with Crippen LogP contribution < -0.4 is 11.1 Å². The fourth-order valence-electron chi connectivity index (χ4n) is 2.97. The standard InChI is InChI=1S/C18H17F4N5O/c1-10-15(23)13(26-17-24-7-3-8-25-17)6-9-27(10)16(28)11-4-2-5-12(14(11)19)18(20,21)22/h2-5,7-8,10H,6,9,23H2,1H3,(H,24,25,26)/t10-/m1/s1. The minimum atomic E-state index is -4.89. The topological polar surface area (TPSA) is 84.1 Å². The maximum Gasteiger partial charge on any atom is 0.419 e. The number of aromatic nitrogens is 2. The lowest BCUT2D eigenvalue weighted by atomic mass is 10.0. The molecule has 0 bridgehead atoms. The summed E-state index contributed by atoms with van der Waals surface area (Å²) in [7, 11) is 0. The molecule has 0 spiro atoms. The molecule has 1 atom stereocenters. The third-order valence-electron chi connectivity index (χ3n) is 4.49. The van der Waals surface area contributed by atoms with Crippen LogP contribution in [0.2, 0.25) is 0 Å². The van der Waals surface area contributed by atoms with Crippen molar-refractivity contribution in [1.29, 1.82) is 0 Å². The number of amides is 1. The lowest BCUT2D eigenvalue weighted by molar-refractivity contribution is -0.140. The molecule has 148 valence electrons. The van der Waals surface area contributed by atoms with E-state index < -0.39 is 35.1 Å². The van der Waals surface area contributed by atoms with E-state index in [9.17, 15) is 22.4 Å². The van der Waals surface area contributed by atoms with Gasteiger partial charge in [0.05, 0.1) is 22.9 Å². The van der Waals surface area contributed by atoms with Gasteiger partial charge in [-0.15, -0.1) is 0 Å². The van der Waals surface area contributed by atoms with E-state index in [1.54, 1.807) is 25.4 Å². The van der Waals surface area contributed by atoms with Gasteiger partial charge in [-0.2, -0.15) is 13.2 Å². The van der Waals surface area contributed by atoms with Gasteiger partial charge in [-0.3, -0.25) is 4.79 Å². The first-order valence-electron chi connectivity index (χ1n) is 8.39. The Labute approximate surface area is 158 Å². The van der Waals surface area contributed by atoms with Gasteiger partial charge in [0, 0.05) is 31.1 Å². The number of benzene rings is 1. The molecule has 1 aromatic carbocycles. The lowest BCUT2D eigenvalue weighted by Gasteiger charge is -2.35. The van der Waals surface area contributed by atoms with Gasteiger partial charge in [-0.25, -0.2) is 14.4 Å². The van der Waals surface area contributed by atoms with Crippen molar-refractivity contribution in [3.63, 3.8) is 0 Å². The van der Waals surface area contributed by atoms with Crippen molar-refractivity contribution >= 4 is 11.9 Å². The number of nitrogens with zero attached hydrogens (tertiary/aromatic N) is 3. The Bertz CT molecular complexity index is 914. The van der Waals surface area contributed by atoms with Crippen molar-refractivity contribution < 1.29 is 22.4 Å². The molecular formula is C18H17F4N5O. The Morgan fingerprint density at radius 1 is 1.25 bits per heavy atom. The first-order chi connectivity index (χ1) is 13.2. The molecular weight excluding hydrogens is 378 g/mol. The normalized spacial score (nSPS) is 17.6. The van der Waals surface area contributed by atoms with E-state index in [0.29, 0.717) is 29.8 Å². The Kier molecular flexibility index (Phi) is 5.21. The van der Waals surface area contributed by atoms with Crippen LogP contribution in [0.5, 0.6) is 0 Å². The molecule has 0 fully saturated rings. The van der Waals surface area contributed by atoms with Crippen LogP contribution in [0.3, 0.4) is 0 Å². The van der Waals surface area contributed by atoms with Gasteiger partial charge in [0.15, 0.2) is 0 Å². The molecule has 0 unspecified atom stereocenters. The van der Waals surface area contributed by atoms with Crippen molar-refractivity contribution in [3.05, 3.63) is 65.0 Å². The molecule has 1 aliphatic rings. The second kappa shape index (κ2) is 7.45. The number of carbonyl (C=O) groups is 1. The minimum Gasteiger partial charge on any atom is -0.399 e. The Balaban J connectivity index is 1.85. The van der Waals surface area contributed by atoms with E-state index in [-0.39, 0.29) is 6.54 Å². The third kappa shape index (κ3) is 3.75. The number of hydrogen-bond donors (Lipinski definition) is 2. The molecule has 1 aromatic heterocycles. The van der Waals surface area contributed by atoms with Crippen LogP contribution in [0.15, 0.2) is 48.1 Å². The Morgan fingerprint density at radius 3 is 2.57 bits per heavy atom. The van der Waals surface area contributed by atoms with Crippen LogP contribution in [0.1, 0.15) is 29.3 Å². The Morgan fingerprint density at radius 2 is 1.93 bits per heavy atom. The average molecular weight is 395 g/mol. The molecule has 0 aliphatic carbocycles. The number of nitrogens with two attached hydrogens (primary N) is 1. The predicted molar refractivity (Wildman–Crippen MR) is 93.4 cm³/mol. The first-order valence-corrected chi connectivity index (χ1v) is 8.39. The largest absolute Gasteiger partial charge is 0.419 e. The highest BCUT2D eigenvalue weighted by molar-refractivity contribution is 5.95. The van der Waals surface area contributed by atoms with Gasteiger partial charge in [0.2, 0.25) is 5.95 Å². The van der Waals surface area contributed by atoms with E-state index in [0.717, 1.165) is 12.1 Å². The number of carbonyl (C=O) groups excluding carboxylic acids is 1. The minimum absolute atomic E-state index is 0.144. The monoisotopic (exact) mass is 395 g/mol. The summed E-state index contributed by atoms with van der Waals surface area (Å²) in [6.45, 7) is 1.76. The summed E-state index contributed by atoms with van der Waals surface area (Å²) in [5.74, 6) is -2.11. The molecule has 2 aromatic rings. The average Bonchev–Trinajstić information content (AvgIpc) is 2.65. The summed E-state index contributed by atoms with van der Waals surface area (Å²) in [4.78, 5) is 22.0. The zero-order valence-electron chi connectivity index (χ0n) is 14.8. The molecule has 0 saturated carbocycles. The lowest BCUT2D eigenvalue weighted by Crippen LogP contribution is -2.46. The highest BCUT2D eigenvalue weighted by Gasteiger charge is 2.37. The van der Waals surface area contributed by atoms with Gasteiger partial charge < -0.3 is 16.0 Å². The van der Waals surface area contributed by atoms with E-state index in [4.69, 9.17) is 5.73 Å². The molecule has 1 amide bonds. The number of nitrogens with one attached hydrogen (secondary N) is 1. The molecule has 1 aliphatic heterocycles. The van der Waals surface area contributed by atoms with Crippen LogP contribution in [0.4, 0.5) is 23.5 Å². The summed E-state index contributed by atoms with van der Waals surface area (Å²) in [6, 6.07) is 3.64. The smallest absolute Gasteiger partial charge is 0.399 e. The maximum absolute atomic E-state index is 14.3. The van der Waals surface area contributed by atoms with Gasteiger partial charge in [0.25, 0.3) is 5.91 Å². The van der Waals surface area contributed by atoms with Crippen LogP contribution in [-0.2, 0) is 6.18 Å². The van der Waals surface area contributed by atoms with Crippen LogP contribution in [0, 0.1) is 5.82 Å². The Hall–Kier alpha value is -3.17.